The van der Waals surface area contributed by atoms with E-state index in [2.05, 4.69) is 31.6 Å². The summed E-state index contributed by atoms with van der Waals surface area (Å²) in [6.07, 6.45) is 7.74. The van der Waals surface area contributed by atoms with Gasteiger partial charge in [0.05, 0.1) is 30.7 Å². The molecule has 0 bridgehead atoms. The van der Waals surface area contributed by atoms with Gasteiger partial charge in [-0.1, -0.05) is 6.08 Å². The number of nitrogens with zero attached hydrogens (tertiary/aromatic N) is 4. The van der Waals surface area contributed by atoms with Crippen LogP contribution >= 0.6 is 0 Å². The van der Waals surface area contributed by atoms with Crippen LogP contribution in [0.2, 0.25) is 0 Å². The standard InChI is InChI=1S/C25H28N6O5/c1-34-16-12-19-17(27-13-16)3-2-9-30(19)10-8-26-15-4-5-18-21(11-15)36-25(33)31(18)22-7-6-20-24(28-22)29-23(32)14-35-20/h2-3,6-7,12-13,15,18,21,26H,4-5,8-11,14H2,1H3,(H,28,29,32)/t15-,18-,21+/m0/s1. The van der Waals surface area contributed by atoms with Gasteiger partial charge < -0.3 is 29.7 Å². The van der Waals surface area contributed by atoms with Gasteiger partial charge in [-0.25, -0.2) is 9.78 Å². The molecule has 5 heterocycles. The molecule has 2 N–H and O–H groups in total. The lowest BCUT2D eigenvalue weighted by atomic mass is 9.88. The average molecular weight is 493 g/mol. The smallest absolute Gasteiger partial charge is 0.416 e. The zero-order chi connectivity index (χ0) is 24.6. The largest absolute Gasteiger partial charge is 0.495 e. The Balaban J connectivity index is 1.06. The normalized spacial score (nSPS) is 24.3. The number of pyridine rings is 2. The fourth-order valence-electron chi connectivity index (χ4n) is 5.34. The fraction of sp³-hybridized carbons (Fsp3) is 0.440. The molecule has 2 amide bonds. The number of fused-ring (bicyclic) bond motifs is 3. The zero-order valence-corrected chi connectivity index (χ0v) is 20.0. The van der Waals surface area contributed by atoms with E-state index in [0.29, 0.717) is 17.4 Å². The van der Waals surface area contributed by atoms with E-state index in [1.807, 2.05) is 12.1 Å². The topological polar surface area (TPSA) is 118 Å². The van der Waals surface area contributed by atoms with E-state index in [0.717, 1.165) is 56.0 Å². The van der Waals surface area contributed by atoms with Gasteiger partial charge in [-0.15, -0.1) is 0 Å². The van der Waals surface area contributed by atoms with Gasteiger partial charge in [-0.05, 0) is 31.1 Å². The highest BCUT2D eigenvalue weighted by Crippen LogP contribution is 2.37. The first-order chi connectivity index (χ1) is 17.6. The molecule has 4 aliphatic rings. The fourth-order valence-corrected chi connectivity index (χ4v) is 5.34. The monoisotopic (exact) mass is 492 g/mol. The average Bonchev–Trinajstić information content (AvgIpc) is 3.23. The van der Waals surface area contributed by atoms with E-state index >= 15 is 0 Å². The molecule has 1 saturated carbocycles. The molecule has 3 aliphatic heterocycles. The minimum atomic E-state index is -0.403. The van der Waals surface area contributed by atoms with Crippen LogP contribution in [-0.4, -0.2) is 73.5 Å². The first-order valence-corrected chi connectivity index (χ1v) is 12.2. The van der Waals surface area contributed by atoms with Crippen molar-refractivity contribution in [1.29, 1.82) is 0 Å². The van der Waals surface area contributed by atoms with Crippen LogP contribution in [0.5, 0.6) is 11.5 Å². The van der Waals surface area contributed by atoms with Gasteiger partial charge in [-0.2, -0.15) is 0 Å². The SMILES string of the molecule is COc1cnc2c(c1)N(CCN[C@H]1CC[C@H]3[C@@H](C1)OC(=O)N3c1ccc3c(n1)NC(=O)CO3)CC=C2. The number of amides is 2. The van der Waals surface area contributed by atoms with Crippen molar-refractivity contribution in [2.24, 2.45) is 0 Å². The molecule has 188 valence electrons. The van der Waals surface area contributed by atoms with Crippen LogP contribution in [0.25, 0.3) is 6.08 Å². The molecule has 3 atom stereocenters. The zero-order valence-electron chi connectivity index (χ0n) is 20.0. The van der Waals surface area contributed by atoms with Crippen molar-refractivity contribution in [3.8, 4) is 11.5 Å². The highest BCUT2D eigenvalue weighted by Gasteiger charge is 2.46. The van der Waals surface area contributed by atoms with Crippen molar-refractivity contribution in [2.45, 2.75) is 37.5 Å². The summed E-state index contributed by atoms with van der Waals surface area (Å²) in [5.41, 5.74) is 2.02. The van der Waals surface area contributed by atoms with E-state index in [4.69, 9.17) is 14.2 Å². The molecule has 0 aromatic carbocycles. The molecule has 2 fully saturated rings. The third-order valence-electron chi connectivity index (χ3n) is 7.11. The predicted molar refractivity (Wildman–Crippen MR) is 133 cm³/mol. The molecule has 1 saturated heterocycles. The molecular formula is C25H28N6O5. The summed E-state index contributed by atoms with van der Waals surface area (Å²) in [7, 11) is 1.65. The van der Waals surface area contributed by atoms with Gasteiger partial charge in [0.15, 0.2) is 18.2 Å². The van der Waals surface area contributed by atoms with E-state index in [-0.39, 0.29) is 30.7 Å². The van der Waals surface area contributed by atoms with Crippen LogP contribution in [0.4, 0.5) is 22.1 Å². The Morgan fingerprint density at radius 1 is 1.28 bits per heavy atom. The number of aromatic nitrogens is 2. The van der Waals surface area contributed by atoms with E-state index < -0.39 is 6.09 Å². The van der Waals surface area contributed by atoms with Crippen molar-refractivity contribution < 1.29 is 23.8 Å². The van der Waals surface area contributed by atoms with Crippen molar-refractivity contribution >= 4 is 35.4 Å². The third-order valence-corrected chi connectivity index (χ3v) is 7.11. The molecule has 0 unspecified atom stereocenters. The summed E-state index contributed by atoms with van der Waals surface area (Å²) in [6, 6.07) is 5.66. The molecule has 11 nitrogen and oxygen atoms in total. The summed E-state index contributed by atoms with van der Waals surface area (Å²) < 4.78 is 16.5. The minimum Gasteiger partial charge on any atom is -0.495 e. The second-order valence-corrected chi connectivity index (χ2v) is 9.30. The van der Waals surface area contributed by atoms with Gasteiger partial charge in [0.2, 0.25) is 0 Å². The summed E-state index contributed by atoms with van der Waals surface area (Å²) >= 11 is 0. The second kappa shape index (κ2) is 9.30. The maximum Gasteiger partial charge on any atom is 0.416 e. The Morgan fingerprint density at radius 2 is 2.19 bits per heavy atom. The Morgan fingerprint density at radius 3 is 3.08 bits per heavy atom. The molecule has 0 spiro atoms. The van der Waals surface area contributed by atoms with E-state index in [1.54, 1.807) is 30.3 Å². The Kier molecular flexibility index (Phi) is 5.84. The highest BCUT2D eigenvalue weighted by atomic mass is 16.6. The number of carbonyl (C=O) groups excluding carboxylic acids is 2. The number of rotatable bonds is 6. The number of methoxy groups -OCH3 is 1. The molecule has 2 aromatic heterocycles. The minimum absolute atomic E-state index is 0.0368. The number of carbonyl (C=O) groups is 2. The first-order valence-electron chi connectivity index (χ1n) is 12.2. The summed E-state index contributed by atoms with van der Waals surface area (Å²) in [6.45, 7) is 2.42. The van der Waals surface area contributed by atoms with Crippen LogP contribution < -0.4 is 29.9 Å². The van der Waals surface area contributed by atoms with Crippen LogP contribution in [0, 0.1) is 0 Å². The lowest BCUT2D eigenvalue weighted by molar-refractivity contribution is -0.118. The number of anilines is 3. The van der Waals surface area contributed by atoms with Crippen molar-refractivity contribution in [3.63, 3.8) is 0 Å². The molecular weight excluding hydrogens is 464 g/mol. The van der Waals surface area contributed by atoms with Crippen molar-refractivity contribution in [3.05, 3.63) is 36.2 Å². The van der Waals surface area contributed by atoms with Crippen LogP contribution in [0.3, 0.4) is 0 Å². The van der Waals surface area contributed by atoms with Gasteiger partial charge in [0.1, 0.15) is 17.7 Å². The second-order valence-electron chi connectivity index (χ2n) is 9.30. The van der Waals surface area contributed by atoms with Crippen molar-refractivity contribution in [1.82, 2.24) is 15.3 Å². The van der Waals surface area contributed by atoms with Crippen LogP contribution in [0.15, 0.2) is 30.5 Å². The third kappa shape index (κ3) is 4.19. The molecule has 0 radical (unpaired) electrons. The highest BCUT2D eigenvalue weighted by molar-refractivity contribution is 5.95. The first kappa shape index (κ1) is 22.6. The number of hydrogen-bond acceptors (Lipinski definition) is 9. The molecule has 1 aliphatic carbocycles. The van der Waals surface area contributed by atoms with Crippen LogP contribution in [-0.2, 0) is 9.53 Å². The molecule has 36 heavy (non-hydrogen) atoms. The number of ether oxygens (including phenoxy) is 3. The van der Waals surface area contributed by atoms with Gasteiger partial charge in [-0.3, -0.25) is 14.7 Å². The summed E-state index contributed by atoms with van der Waals surface area (Å²) in [4.78, 5) is 37.3. The lowest BCUT2D eigenvalue weighted by Gasteiger charge is -2.34. The van der Waals surface area contributed by atoms with Gasteiger partial charge in [0, 0.05) is 38.2 Å². The Hall–Kier alpha value is -3.86. The van der Waals surface area contributed by atoms with E-state index in [1.165, 1.54) is 0 Å². The van der Waals surface area contributed by atoms with Crippen molar-refractivity contribution in [2.75, 3.05) is 48.5 Å². The van der Waals surface area contributed by atoms with Gasteiger partial charge >= 0.3 is 6.09 Å². The quantitative estimate of drug-likeness (QED) is 0.626. The van der Waals surface area contributed by atoms with Crippen LogP contribution in [0.1, 0.15) is 25.0 Å². The summed E-state index contributed by atoms with van der Waals surface area (Å²) in [5, 5.41) is 6.35. The predicted octanol–water partition coefficient (Wildman–Crippen LogP) is 2.19. The Bertz CT molecular complexity index is 1220. The van der Waals surface area contributed by atoms with Gasteiger partial charge in [0.25, 0.3) is 5.91 Å². The lowest BCUT2D eigenvalue weighted by Crippen LogP contribution is -2.47. The molecule has 2 aromatic rings. The molecule has 6 rings (SSSR count). The number of nitrogens with one attached hydrogen (secondary N) is 2. The Labute approximate surface area is 208 Å². The molecule has 11 heteroatoms. The maximum absolute atomic E-state index is 12.8. The van der Waals surface area contributed by atoms with E-state index in [9.17, 15) is 9.59 Å². The summed E-state index contributed by atoms with van der Waals surface area (Å²) in [5.74, 6) is 1.77. The number of hydrogen-bond donors (Lipinski definition) is 2. The maximum atomic E-state index is 12.8.